The number of benzene rings is 2. The molecule has 2 aromatic carbocycles. The van der Waals surface area contributed by atoms with Crippen LogP contribution < -0.4 is 9.47 Å². The number of thioether (sulfide) groups is 1. The van der Waals surface area contributed by atoms with E-state index in [0.29, 0.717) is 5.56 Å². The Labute approximate surface area is 180 Å². The summed E-state index contributed by atoms with van der Waals surface area (Å²) in [6.45, 7) is 0. The van der Waals surface area contributed by atoms with Crippen LogP contribution in [0, 0.1) is 0 Å². The molecule has 1 fully saturated rings. The lowest BCUT2D eigenvalue weighted by Gasteiger charge is -2.18. The van der Waals surface area contributed by atoms with Gasteiger partial charge in [-0.1, -0.05) is 48.2 Å². The van der Waals surface area contributed by atoms with Gasteiger partial charge in [-0.2, -0.15) is 0 Å². The number of carbonyl (C=O) groups excluding carboxylic acids is 3. The summed E-state index contributed by atoms with van der Waals surface area (Å²) in [5.41, 5.74) is 0.297. The number of rotatable bonds is 3. The van der Waals surface area contributed by atoms with Gasteiger partial charge in [0.15, 0.2) is 15.8 Å². The zero-order valence-electron chi connectivity index (χ0n) is 15.4. The monoisotopic (exact) mass is 439 g/mol. The van der Waals surface area contributed by atoms with E-state index < -0.39 is 17.7 Å². The molecule has 30 heavy (non-hydrogen) atoms. The molecule has 2 aromatic rings. The summed E-state index contributed by atoms with van der Waals surface area (Å²) in [6, 6.07) is 11.2. The number of para-hydroxylation sites is 2. The van der Waals surface area contributed by atoms with E-state index in [1.54, 1.807) is 30.3 Å². The van der Waals surface area contributed by atoms with Gasteiger partial charge in [-0.3, -0.25) is 14.5 Å². The fraction of sp³-hybridized carbons (Fsp3) is 0.0476. The van der Waals surface area contributed by atoms with Crippen molar-refractivity contribution < 1.29 is 29.0 Å². The molecule has 7 nitrogen and oxygen atoms in total. The SMILES string of the molecule is COc1cccc(/C=C2\SC(=S)N(/C=C3\C(=O)Oc4ccccc4C3=O)C2=O)c1O. The third-order valence-electron chi connectivity index (χ3n) is 4.42. The molecular formula is C21H13NO6S2. The quantitative estimate of drug-likeness (QED) is 0.256. The number of amides is 1. The van der Waals surface area contributed by atoms with Crippen LogP contribution in [-0.2, 0) is 9.59 Å². The number of esters is 1. The molecule has 9 heteroatoms. The van der Waals surface area contributed by atoms with Gasteiger partial charge < -0.3 is 14.6 Å². The second-order valence-corrected chi connectivity index (χ2v) is 7.88. The van der Waals surface area contributed by atoms with Gasteiger partial charge in [0, 0.05) is 11.8 Å². The number of hydrogen-bond donors (Lipinski definition) is 1. The van der Waals surface area contributed by atoms with E-state index in [9.17, 15) is 19.5 Å². The Morgan fingerprint density at radius 3 is 2.67 bits per heavy atom. The van der Waals surface area contributed by atoms with Gasteiger partial charge in [0.1, 0.15) is 11.3 Å². The van der Waals surface area contributed by atoms with Crippen molar-refractivity contribution in [1.82, 2.24) is 4.90 Å². The highest BCUT2D eigenvalue weighted by atomic mass is 32.2. The van der Waals surface area contributed by atoms with E-state index in [-0.39, 0.29) is 37.6 Å². The highest BCUT2D eigenvalue weighted by Gasteiger charge is 2.36. The van der Waals surface area contributed by atoms with Crippen LogP contribution in [0.25, 0.3) is 6.08 Å². The maximum atomic E-state index is 12.8. The van der Waals surface area contributed by atoms with Gasteiger partial charge in [0.05, 0.1) is 17.6 Å². The minimum Gasteiger partial charge on any atom is -0.504 e. The van der Waals surface area contributed by atoms with Crippen molar-refractivity contribution in [3.63, 3.8) is 0 Å². The number of thiocarbonyl (C=S) groups is 1. The Kier molecular flexibility index (Phi) is 5.15. The van der Waals surface area contributed by atoms with Crippen molar-refractivity contribution in [3.8, 4) is 17.2 Å². The fourth-order valence-corrected chi connectivity index (χ4v) is 4.13. The summed E-state index contributed by atoms with van der Waals surface area (Å²) < 4.78 is 10.4. The first kappa shape index (κ1) is 19.9. The van der Waals surface area contributed by atoms with Gasteiger partial charge in [-0.25, -0.2) is 4.79 Å². The average molecular weight is 439 g/mol. The number of ether oxygens (including phenoxy) is 2. The fourth-order valence-electron chi connectivity index (χ4n) is 2.93. The molecule has 1 saturated heterocycles. The van der Waals surface area contributed by atoms with Gasteiger partial charge >= 0.3 is 5.97 Å². The molecule has 2 heterocycles. The van der Waals surface area contributed by atoms with Crippen LogP contribution in [0.15, 0.2) is 59.1 Å². The van der Waals surface area contributed by atoms with E-state index >= 15 is 0 Å². The number of nitrogens with zero attached hydrogens (tertiary/aromatic N) is 1. The zero-order valence-corrected chi connectivity index (χ0v) is 17.1. The second-order valence-electron chi connectivity index (χ2n) is 6.21. The first-order valence-corrected chi connectivity index (χ1v) is 9.84. The number of methoxy groups -OCH3 is 1. The van der Waals surface area contributed by atoms with Gasteiger partial charge in [0.2, 0.25) is 5.78 Å². The highest BCUT2D eigenvalue weighted by molar-refractivity contribution is 8.26. The topological polar surface area (TPSA) is 93.1 Å². The Bertz CT molecular complexity index is 1180. The lowest BCUT2D eigenvalue weighted by Crippen LogP contribution is -2.30. The molecule has 0 unspecified atom stereocenters. The largest absolute Gasteiger partial charge is 0.504 e. The summed E-state index contributed by atoms with van der Waals surface area (Å²) in [5, 5.41) is 10.2. The third-order valence-corrected chi connectivity index (χ3v) is 5.75. The van der Waals surface area contributed by atoms with Gasteiger partial charge in [-0.15, -0.1) is 0 Å². The molecule has 0 aliphatic carbocycles. The molecule has 4 rings (SSSR count). The number of hydrogen-bond acceptors (Lipinski definition) is 8. The minimum atomic E-state index is -0.859. The maximum absolute atomic E-state index is 12.8. The number of carbonyl (C=O) groups is 3. The number of Topliss-reactive ketones (excluding diaryl/α,β-unsaturated/α-hetero) is 1. The summed E-state index contributed by atoms with van der Waals surface area (Å²) in [4.78, 5) is 39.1. The van der Waals surface area contributed by atoms with Crippen LogP contribution >= 0.6 is 24.0 Å². The molecule has 2 aliphatic rings. The first-order valence-electron chi connectivity index (χ1n) is 8.61. The lowest BCUT2D eigenvalue weighted by molar-refractivity contribution is -0.130. The van der Waals surface area contributed by atoms with Gasteiger partial charge in [0.25, 0.3) is 5.91 Å². The molecule has 2 aliphatic heterocycles. The second kappa shape index (κ2) is 7.77. The van der Waals surface area contributed by atoms with Crippen LogP contribution in [0.1, 0.15) is 15.9 Å². The number of fused-ring (bicyclic) bond motifs is 1. The van der Waals surface area contributed by atoms with E-state index in [0.717, 1.165) is 22.9 Å². The van der Waals surface area contributed by atoms with Crippen LogP contribution in [0.4, 0.5) is 0 Å². The summed E-state index contributed by atoms with van der Waals surface area (Å²) in [5.74, 6) is -1.63. The van der Waals surface area contributed by atoms with Crippen molar-refractivity contribution in [2.75, 3.05) is 7.11 Å². The first-order chi connectivity index (χ1) is 14.4. The van der Waals surface area contributed by atoms with Crippen LogP contribution in [0.3, 0.4) is 0 Å². The number of phenols is 1. The van der Waals surface area contributed by atoms with Crippen LogP contribution in [-0.4, -0.2) is 39.1 Å². The average Bonchev–Trinajstić information content (AvgIpc) is 2.99. The molecule has 0 atom stereocenters. The number of aromatic hydroxyl groups is 1. The lowest BCUT2D eigenvalue weighted by atomic mass is 10.0. The predicted molar refractivity (Wildman–Crippen MR) is 114 cm³/mol. The summed E-state index contributed by atoms with van der Waals surface area (Å²) in [6.07, 6.45) is 2.57. The summed E-state index contributed by atoms with van der Waals surface area (Å²) >= 11 is 6.23. The molecule has 0 spiro atoms. The smallest absolute Gasteiger partial charge is 0.349 e. The molecule has 0 aromatic heterocycles. The normalized spacial score (nSPS) is 18.8. The van der Waals surface area contributed by atoms with Crippen LogP contribution in [0.5, 0.6) is 17.2 Å². The molecule has 1 amide bonds. The van der Waals surface area contributed by atoms with E-state index in [2.05, 4.69) is 0 Å². The summed E-state index contributed by atoms with van der Waals surface area (Å²) in [7, 11) is 1.42. The van der Waals surface area contributed by atoms with Crippen molar-refractivity contribution >= 4 is 52.0 Å². The van der Waals surface area contributed by atoms with E-state index in [4.69, 9.17) is 21.7 Å². The Morgan fingerprint density at radius 1 is 1.13 bits per heavy atom. The van der Waals surface area contributed by atoms with Crippen molar-refractivity contribution in [2.45, 2.75) is 0 Å². The standard InChI is InChI=1S/C21H13NO6S2/c1-27-15-8-4-5-11(17(15)23)9-16-19(25)22(21(29)30-16)10-13-18(24)12-6-2-3-7-14(12)28-20(13)26/h2-10,23H,1H3/b13-10-,16-9-. The molecule has 0 bridgehead atoms. The Morgan fingerprint density at radius 2 is 1.90 bits per heavy atom. The predicted octanol–water partition coefficient (Wildman–Crippen LogP) is 3.29. The third kappa shape index (κ3) is 3.38. The van der Waals surface area contributed by atoms with E-state index in [1.165, 1.54) is 25.3 Å². The van der Waals surface area contributed by atoms with Crippen molar-refractivity contribution in [1.29, 1.82) is 0 Å². The Hall–Kier alpha value is -3.43. The van der Waals surface area contributed by atoms with Crippen molar-refractivity contribution in [2.24, 2.45) is 0 Å². The molecule has 1 N–H and O–H groups in total. The van der Waals surface area contributed by atoms with E-state index in [1.807, 2.05) is 0 Å². The van der Waals surface area contributed by atoms with Crippen molar-refractivity contribution in [3.05, 3.63) is 70.3 Å². The maximum Gasteiger partial charge on any atom is 0.349 e. The Balaban J connectivity index is 1.67. The highest BCUT2D eigenvalue weighted by Crippen LogP contribution is 2.37. The molecule has 150 valence electrons. The van der Waals surface area contributed by atoms with Gasteiger partial charge in [-0.05, 0) is 24.3 Å². The van der Waals surface area contributed by atoms with Crippen LogP contribution in [0.2, 0.25) is 0 Å². The molecule has 0 saturated carbocycles. The molecular weight excluding hydrogens is 426 g/mol. The zero-order chi connectivity index (χ0) is 21.4. The number of ketones is 1. The minimum absolute atomic E-state index is 0.119. The molecule has 0 radical (unpaired) electrons. The number of phenolic OH excluding ortho intramolecular Hbond substituents is 1.